The maximum atomic E-state index is 12.4. The summed E-state index contributed by atoms with van der Waals surface area (Å²) in [6.45, 7) is 1.54. The van der Waals surface area contributed by atoms with Crippen LogP contribution in [0.25, 0.3) is 0 Å². The van der Waals surface area contributed by atoms with Gasteiger partial charge in [0, 0.05) is 31.4 Å². The van der Waals surface area contributed by atoms with Gasteiger partial charge in [0.05, 0.1) is 21.3 Å². The van der Waals surface area contributed by atoms with Gasteiger partial charge >= 0.3 is 0 Å². The Bertz CT molecular complexity index is 709. The summed E-state index contributed by atoms with van der Waals surface area (Å²) in [5.41, 5.74) is 1.67. The maximum absolute atomic E-state index is 12.4. The third-order valence-electron chi connectivity index (χ3n) is 4.33. The second-order valence-electron chi connectivity index (χ2n) is 6.13. The van der Waals surface area contributed by atoms with Crippen LogP contribution in [-0.2, 0) is 0 Å². The Labute approximate surface area is 161 Å². The van der Waals surface area contributed by atoms with Crippen molar-refractivity contribution in [1.82, 2.24) is 5.32 Å². The molecular weight excluding hydrogens is 344 g/mol. The molecule has 0 aliphatic heterocycles. The van der Waals surface area contributed by atoms with E-state index in [1.54, 1.807) is 12.1 Å². The molecule has 0 fully saturated rings. The summed E-state index contributed by atoms with van der Waals surface area (Å²) in [6, 6.07) is 13.6. The van der Waals surface area contributed by atoms with Gasteiger partial charge in [-0.1, -0.05) is 18.2 Å². The van der Waals surface area contributed by atoms with Crippen LogP contribution in [-0.4, -0.2) is 47.4 Å². The number of nitrogens with one attached hydrogen (secondary N) is 1. The summed E-state index contributed by atoms with van der Waals surface area (Å²) in [7, 11) is 6.67. The molecule has 0 spiro atoms. The monoisotopic (exact) mass is 372 g/mol. The molecule has 0 heterocycles. The average Bonchev–Trinajstić information content (AvgIpc) is 2.72. The van der Waals surface area contributed by atoms with E-state index >= 15 is 0 Å². The molecule has 0 aliphatic carbocycles. The highest BCUT2D eigenvalue weighted by Crippen LogP contribution is 2.38. The third kappa shape index (κ3) is 5.54. The van der Waals surface area contributed by atoms with E-state index in [9.17, 15) is 4.79 Å². The van der Waals surface area contributed by atoms with Gasteiger partial charge in [0.1, 0.15) is 0 Å². The van der Waals surface area contributed by atoms with Crippen LogP contribution >= 0.6 is 0 Å². The minimum absolute atomic E-state index is 0.161. The topological polar surface area (TPSA) is 60.0 Å². The standard InChI is InChI=1S/C21H28N2O4/c1-23(17-10-6-5-7-11-17)13-9-8-12-22-21(24)16-14-18(25-2)20(27-4)19(15-16)26-3/h5-7,10-11,14-15H,8-9,12-13H2,1-4H3,(H,22,24). The number of anilines is 1. The first-order chi connectivity index (χ1) is 13.1. The minimum atomic E-state index is -0.161. The van der Waals surface area contributed by atoms with Gasteiger partial charge < -0.3 is 24.4 Å². The number of hydrogen-bond acceptors (Lipinski definition) is 5. The molecule has 1 amide bonds. The van der Waals surface area contributed by atoms with Crippen LogP contribution in [0.4, 0.5) is 5.69 Å². The minimum Gasteiger partial charge on any atom is -0.493 e. The van der Waals surface area contributed by atoms with Gasteiger partial charge in [-0.3, -0.25) is 4.79 Å². The van der Waals surface area contributed by atoms with Crippen molar-refractivity contribution < 1.29 is 19.0 Å². The highest BCUT2D eigenvalue weighted by atomic mass is 16.5. The van der Waals surface area contributed by atoms with Crippen LogP contribution in [0.15, 0.2) is 42.5 Å². The molecule has 27 heavy (non-hydrogen) atoms. The molecule has 146 valence electrons. The zero-order chi connectivity index (χ0) is 19.6. The molecule has 1 N–H and O–H groups in total. The summed E-state index contributed by atoms with van der Waals surface area (Å²) in [5.74, 6) is 1.24. The van der Waals surface area contributed by atoms with Crippen molar-refractivity contribution in [2.24, 2.45) is 0 Å². The summed E-state index contributed by atoms with van der Waals surface area (Å²) >= 11 is 0. The van der Waals surface area contributed by atoms with Crippen LogP contribution in [0.3, 0.4) is 0 Å². The van der Waals surface area contributed by atoms with Crippen molar-refractivity contribution >= 4 is 11.6 Å². The highest BCUT2D eigenvalue weighted by Gasteiger charge is 2.16. The number of benzene rings is 2. The fraction of sp³-hybridized carbons (Fsp3) is 0.381. The number of amides is 1. The zero-order valence-electron chi connectivity index (χ0n) is 16.5. The smallest absolute Gasteiger partial charge is 0.251 e. The SMILES string of the molecule is COc1cc(C(=O)NCCCCN(C)c2ccccc2)cc(OC)c1OC. The molecule has 0 aliphatic rings. The van der Waals surface area contributed by atoms with Crippen molar-refractivity contribution in [3.8, 4) is 17.2 Å². The Hall–Kier alpha value is -2.89. The predicted octanol–water partition coefficient (Wildman–Crippen LogP) is 3.36. The lowest BCUT2D eigenvalue weighted by Crippen LogP contribution is -2.26. The van der Waals surface area contributed by atoms with Gasteiger partial charge in [-0.25, -0.2) is 0 Å². The molecule has 0 saturated heterocycles. The van der Waals surface area contributed by atoms with Gasteiger partial charge in [0.2, 0.25) is 5.75 Å². The van der Waals surface area contributed by atoms with Gasteiger partial charge in [0.15, 0.2) is 11.5 Å². The second-order valence-corrected chi connectivity index (χ2v) is 6.13. The Balaban J connectivity index is 1.83. The molecule has 0 atom stereocenters. The number of rotatable bonds is 10. The fourth-order valence-electron chi connectivity index (χ4n) is 2.80. The molecule has 0 radical (unpaired) electrons. The number of methoxy groups -OCH3 is 3. The fourth-order valence-corrected chi connectivity index (χ4v) is 2.80. The number of unbranched alkanes of at least 4 members (excludes halogenated alkanes) is 1. The van der Waals surface area contributed by atoms with E-state index in [1.165, 1.54) is 27.0 Å². The Morgan fingerprint density at radius 1 is 0.963 bits per heavy atom. The third-order valence-corrected chi connectivity index (χ3v) is 4.33. The number of hydrogen-bond donors (Lipinski definition) is 1. The lowest BCUT2D eigenvalue weighted by molar-refractivity contribution is 0.0952. The molecule has 0 saturated carbocycles. The first-order valence-electron chi connectivity index (χ1n) is 8.95. The van der Waals surface area contributed by atoms with Crippen molar-refractivity contribution in [3.63, 3.8) is 0 Å². The first kappa shape index (κ1) is 20.4. The van der Waals surface area contributed by atoms with E-state index in [0.29, 0.717) is 29.4 Å². The molecule has 2 rings (SSSR count). The largest absolute Gasteiger partial charge is 0.493 e. The Morgan fingerprint density at radius 3 is 2.15 bits per heavy atom. The molecule has 2 aromatic rings. The normalized spacial score (nSPS) is 10.2. The van der Waals surface area contributed by atoms with Crippen molar-refractivity contribution in [2.45, 2.75) is 12.8 Å². The van der Waals surface area contributed by atoms with E-state index in [-0.39, 0.29) is 5.91 Å². The molecule has 0 bridgehead atoms. The van der Waals surface area contributed by atoms with Crippen LogP contribution < -0.4 is 24.4 Å². The van der Waals surface area contributed by atoms with Gasteiger partial charge in [-0.2, -0.15) is 0 Å². The van der Waals surface area contributed by atoms with Gasteiger partial charge in [-0.05, 0) is 37.1 Å². The van der Waals surface area contributed by atoms with E-state index in [0.717, 1.165) is 19.4 Å². The number of carbonyl (C=O) groups is 1. The number of nitrogens with zero attached hydrogens (tertiary/aromatic N) is 1. The van der Waals surface area contributed by atoms with Crippen LogP contribution in [0.5, 0.6) is 17.2 Å². The summed E-state index contributed by atoms with van der Waals surface area (Å²) in [4.78, 5) is 14.6. The van der Waals surface area contributed by atoms with Crippen LogP contribution in [0.1, 0.15) is 23.2 Å². The molecule has 6 heteroatoms. The summed E-state index contributed by atoms with van der Waals surface area (Å²) in [5, 5.41) is 2.94. The van der Waals surface area contributed by atoms with E-state index < -0.39 is 0 Å². The number of carbonyl (C=O) groups excluding carboxylic acids is 1. The van der Waals surface area contributed by atoms with E-state index in [1.807, 2.05) is 18.2 Å². The number of ether oxygens (including phenoxy) is 3. The van der Waals surface area contributed by atoms with Crippen molar-refractivity contribution in [2.75, 3.05) is 46.4 Å². The zero-order valence-corrected chi connectivity index (χ0v) is 16.5. The Morgan fingerprint density at radius 2 is 1.59 bits per heavy atom. The quantitative estimate of drug-likeness (QED) is 0.648. The maximum Gasteiger partial charge on any atom is 0.251 e. The lowest BCUT2D eigenvalue weighted by atomic mass is 10.1. The number of para-hydroxylation sites is 1. The molecule has 0 unspecified atom stereocenters. The summed E-state index contributed by atoms with van der Waals surface area (Å²) in [6.07, 6.45) is 1.88. The first-order valence-corrected chi connectivity index (χ1v) is 8.95. The lowest BCUT2D eigenvalue weighted by Gasteiger charge is -2.19. The van der Waals surface area contributed by atoms with Crippen molar-refractivity contribution in [1.29, 1.82) is 0 Å². The van der Waals surface area contributed by atoms with Crippen LogP contribution in [0, 0.1) is 0 Å². The molecule has 6 nitrogen and oxygen atoms in total. The van der Waals surface area contributed by atoms with Gasteiger partial charge in [0.25, 0.3) is 5.91 Å². The molecular formula is C21H28N2O4. The Kier molecular flexibility index (Phi) is 7.79. The summed E-state index contributed by atoms with van der Waals surface area (Å²) < 4.78 is 15.9. The second kappa shape index (κ2) is 10.3. The van der Waals surface area contributed by atoms with E-state index in [2.05, 4.69) is 29.4 Å². The molecule has 2 aromatic carbocycles. The predicted molar refractivity (Wildman–Crippen MR) is 107 cm³/mol. The van der Waals surface area contributed by atoms with Crippen LogP contribution in [0.2, 0.25) is 0 Å². The van der Waals surface area contributed by atoms with Gasteiger partial charge in [-0.15, -0.1) is 0 Å². The molecule has 0 aromatic heterocycles. The van der Waals surface area contributed by atoms with E-state index in [4.69, 9.17) is 14.2 Å². The average molecular weight is 372 g/mol. The highest BCUT2D eigenvalue weighted by molar-refractivity contribution is 5.95. The van der Waals surface area contributed by atoms with Crippen molar-refractivity contribution in [3.05, 3.63) is 48.0 Å².